The molecule has 1 aromatic heterocycles. The zero-order valence-electron chi connectivity index (χ0n) is 10.0. The van der Waals surface area contributed by atoms with Crippen LogP contribution in [0.15, 0.2) is 55.9 Å². The van der Waals surface area contributed by atoms with Crippen molar-refractivity contribution in [3.05, 3.63) is 51.4 Å². The highest BCUT2D eigenvalue weighted by molar-refractivity contribution is 9.11. The van der Waals surface area contributed by atoms with E-state index >= 15 is 0 Å². The van der Waals surface area contributed by atoms with E-state index in [1.165, 1.54) is 0 Å². The van der Waals surface area contributed by atoms with Crippen molar-refractivity contribution in [1.29, 1.82) is 0 Å². The molecule has 100 valence electrons. The summed E-state index contributed by atoms with van der Waals surface area (Å²) in [5.41, 5.74) is 1.50. The fourth-order valence-corrected chi connectivity index (χ4v) is 2.53. The predicted octanol–water partition coefficient (Wildman–Crippen LogP) is 4.63. The van der Waals surface area contributed by atoms with Crippen molar-refractivity contribution < 1.29 is 9.63 Å². The van der Waals surface area contributed by atoms with Gasteiger partial charge in [-0.2, -0.15) is 4.98 Å². The van der Waals surface area contributed by atoms with Gasteiger partial charge in [0.1, 0.15) is 5.75 Å². The van der Waals surface area contributed by atoms with E-state index in [2.05, 4.69) is 42.0 Å². The SMILES string of the molecule is Oc1cccc(-c2noc(-c3cc(Br)ccc3Br)n2)c1. The molecule has 3 aromatic rings. The van der Waals surface area contributed by atoms with Crippen LogP contribution in [0, 0.1) is 0 Å². The van der Waals surface area contributed by atoms with E-state index in [0.29, 0.717) is 17.3 Å². The van der Waals surface area contributed by atoms with Crippen LogP contribution in [0.5, 0.6) is 5.75 Å². The number of phenols is 1. The smallest absolute Gasteiger partial charge is 0.259 e. The first-order valence-corrected chi connectivity index (χ1v) is 7.30. The number of hydrogen-bond acceptors (Lipinski definition) is 4. The fourth-order valence-electron chi connectivity index (χ4n) is 1.76. The lowest BCUT2D eigenvalue weighted by atomic mass is 10.2. The number of hydrogen-bond donors (Lipinski definition) is 1. The lowest BCUT2D eigenvalue weighted by molar-refractivity contribution is 0.432. The lowest BCUT2D eigenvalue weighted by Crippen LogP contribution is -1.82. The first-order chi connectivity index (χ1) is 9.63. The van der Waals surface area contributed by atoms with Crippen LogP contribution in [-0.2, 0) is 0 Å². The van der Waals surface area contributed by atoms with Gasteiger partial charge in [-0.1, -0.05) is 33.2 Å². The van der Waals surface area contributed by atoms with E-state index < -0.39 is 0 Å². The molecule has 0 bridgehead atoms. The van der Waals surface area contributed by atoms with Gasteiger partial charge in [0.05, 0.1) is 5.56 Å². The highest BCUT2D eigenvalue weighted by atomic mass is 79.9. The summed E-state index contributed by atoms with van der Waals surface area (Å²) in [6, 6.07) is 12.4. The summed E-state index contributed by atoms with van der Waals surface area (Å²) in [5, 5.41) is 13.4. The molecule has 0 fully saturated rings. The van der Waals surface area contributed by atoms with Gasteiger partial charge in [0, 0.05) is 14.5 Å². The summed E-state index contributed by atoms with van der Waals surface area (Å²) in [6.45, 7) is 0. The van der Waals surface area contributed by atoms with Gasteiger partial charge < -0.3 is 9.63 Å². The number of halogens is 2. The van der Waals surface area contributed by atoms with E-state index in [9.17, 15) is 5.11 Å². The molecule has 0 radical (unpaired) electrons. The number of phenolic OH excluding ortho intramolecular Hbond substituents is 1. The molecule has 4 nitrogen and oxygen atoms in total. The van der Waals surface area contributed by atoms with Gasteiger partial charge in [-0.3, -0.25) is 0 Å². The normalized spacial score (nSPS) is 10.7. The van der Waals surface area contributed by atoms with Crippen molar-refractivity contribution in [2.45, 2.75) is 0 Å². The molecule has 2 aromatic carbocycles. The highest BCUT2D eigenvalue weighted by Gasteiger charge is 2.13. The van der Waals surface area contributed by atoms with Crippen LogP contribution >= 0.6 is 31.9 Å². The first kappa shape index (κ1) is 13.3. The van der Waals surface area contributed by atoms with E-state index in [1.54, 1.807) is 18.2 Å². The van der Waals surface area contributed by atoms with Crippen LogP contribution in [0.1, 0.15) is 0 Å². The maximum Gasteiger partial charge on any atom is 0.259 e. The lowest BCUT2D eigenvalue weighted by Gasteiger charge is -1.99. The van der Waals surface area contributed by atoms with E-state index in [-0.39, 0.29) is 5.75 Å². The molecule has 1 heterocycles. The maximum absolute atomic E-state index is 9.48. The van der Waals surface area contributed by atoms with Crippen LogP contribution in [-0.4, -0.2) is 15.2 Å². The minimum Gasteiger partial charge on any atom is -0.508 e. The summed E-state index contributed by atoms with van der Waals surface area (Å²) >= 11 is 6.87. The molecule has 0 spiro atoms. The standard InChI is InChI=1S/C14H8Br2N2O2/c15-9-4-5-12(16)11(7-9)14-17-13(18-20-14)8-2-1-3-10(19)6-8/h1-7,19H. The number of aromatic nitrogens is 2. The molecular weight excluding hydrogens is 388 g/mol. The molecule has 6 heteroatoms. The number of rotatable bonds is 2. The fraction of sp³-hybridized carbons (Fsp3) is 0. The second-order valence-corrected chi connectivity index (χ2v) is 5.87. The Bertz CT molecular complexity index is 771. The molecule has 0 atom stereocenters. The molecule has 0 saturated carbocycles. The maximum atomic E-state index is 9.48. The van der Waals surface area contributed by atoms with Gasteiger partial charge in [-0.05, 0) is 46.3 Å². The summed E-state index contributed by atoms with van der Waals surface area (Å²) in [7, 11) is 0. The van der Waals surface area contributed by atoms with Gasteiger partial charge in [0.15, 0.2) is 0 Å². The average molecular weight is 396 g/mol. The van der Waals surface area contributed by atoms with Crippen molar-refractivity contribution in [3.63, 3.8) is 0 Å². The molecule has 3 rings (SSSR count). The Kier molecular flexibility index (Phi) is 3.58. The highest BCUT2D eigenvalue weighted by Crippen LogP contribution is 2.31. The van der Waals surface area contributed by atoms with Crippen LogP contribution in [0.2, 0.25) is 0 Å². The summed E-state index contributed by atoms with van der Waals surface area (Å²) < 4.78 is 7.08. The summed E-state index contributed by atoms with van der Waals surface area (Å²) in [4.78, 5) is 4.35. The third kappa shape index (κ3) is 2.62. The predicted molar refractivity (Wildman–Crippen MR) is 82.2 cm³/mol. The van der Waals surface area contributed by atoms with Crippen LogP contribution in [0.25, 0.3) is 22.8 Å². The number of aromatic hydroxyl groups is 1. The zero-order valence-corrected chi connectivity index (χ0v) is 13.2. The van der Waals surface area contributed by atoms with Crippen LogP contribution in [0.3, 0.4) is 0 Å². The topological polar surface area (TPSA) is 59.2 Å². The third-order valence-electron chi connectivity index (χ3n) is 2.69. The molecule has 0 amide bonds. The Morgan fingerprint density at radius 2 is 1.90 bits per heavy atom. The molecule has 0 unspecified atom stereocenters. The van der Waals surface area contributed by atoms with E-state index in [4.69, 9.17) is 4.52 Å². The van der Waals surface area contributed by atoms with E-state index in [1.807, 2.05) is 24.3 Å². The van der Waals surface area contributed by atoms with Crippen molar-refractivity contribution in [2.24, 2.45) is 0 Å². The molecular formula is C14H8Br2N2O2. The summed E-state index contributed by atoms with van der Waals surface area (Å²) in [6.07, 6.45) is 0. The Balaban J connectivity index is 2.04. The number of benzene rings is 2. The molecule has 0 aliphatic heterocycles. The quantitative estimate of drug-likeness (QED) is 0.686. The molecule has 0 saturated heterocycles. The van der Waals surface area contributed by atoms with Gasteiger partial charge >= 0.3 is 0 Å². The Morgan fingerprint density at radius 3 is 2.70 bits per heavy atom. The molecule has 0 aliphatic carbocycles. The second-order valence-electron chi connectivity index (χ2n) is 4.10. The molecule has 1 N–H and O–H groups in total. The Morgan fingerprint density at radius 1 is 1.05 bits per heavy atom. The van der Waals surface area contributed by atoms with Gasteiger partial charge in [-0.15, -0.1) is 0 Å². The minimum atomic E-state index is 0.164. The van der Waals surface area contributed by atoms with Crippen LogP contribution in [0.4, 0.5) is 0 Å². The molecule has 20 heavy (non-hydrogen) atoms. The van der Waals surface area contributed by atoms with Crippen molar-refractivity contribution in [3.8, 4) is 28.6 Å². The minimum absolute atomic E-state index is 0.164. The van der Waals surface area contributed by atoms with Crippen molar-refractivity contribution in [1.82, 2.24) is 10.1 Å². The monoisotopic (exact) mass is 394 g/mol. The Labute approximate surface area is 131 Å². The largest absolute Gasteiger partial charge is 0.508 e. The Hall–Kier alpha value is -1.66. The molecule has 0 aliphatic rings. The van der Waals surface area contributed by atoms with Crippen LogP contribution < -0.4 is 0 Å². The van der Waals surface area contributed by atoms with E-state index in [0.717, 1.165) is 14.5 Å². The van der Waals surface area contributed by atoms with Gasteiger partial charge in [0.2, 0.25) is 5.82 Å². The van der Waals surface area contributed by atoms with Crippen molar-refractivity contribution in [2.75, 3.05) is 0 Å². The number of nitrogens with zero attached hydrogens (tertiary/aromatic N) is 2. The summed E-state index contributed by atoms with van der Waals surface area (Å²) in [5.74, 6) is 1.01. The van der Waals surface area contributed by atoms with Crippen molar-refractivity contribution >= 4 is 31.9 Å². The van der Waals surface area contributed by atoms with Gasteiger partial charge in [0.25, 0.3) is 5.89 Å². The second kappa shape index (κ2) is 5.38. The zero-order chi connectivity index (χ0) is 14.1. The van der Waals surface area contributed by atoms with Gasteiger partial charge in [-0.25, -0.2) is 0 Å². The average Bonchev–Trinajstić information content (AvgIpc) is 2.91. The third-order valence-corrected chi connectivity index (χ3v) is 3.87. The first-order valence-electron chi connectivity index (χ1n) is 5.72.